The Morgan fingerprint density at radius 2 is 1.74 bits per heavy atom. The molecule has 3 saturated heterocycles. The summed E-state index contributed by atoms with van der Waals surface area (Å²) in [6.07, 6.45) is 9.73. The molecule has 6 heteroatoms. The maximum Gasteiger partial charge on any atom is 0.221 e. The molecule has 1 aromatic heterocycles. The standard InChI is InChI=1S/C25H33N5O/c26-24(31)17-19-6-4-7-21(16-19)29-14-5-8-22-23(29)10-15-30(22)25-18-20(9-11-27-25)28-12-2-1-3-13-28/h4,6-7,9,11,16,18,22-23H,1-3,5,8,10,12-15,17H2,(H2,26,31)/t22-,23-/m0/s1. The van der Waals surface area contributed by atoms with Gasteiger partial charge in [0.25, 0.3) is 0 Å². The lowest BCUT2D eigenvalue weighted by Gasteiger charge is -2.42. The van der Waals surface area contributed by atoms with Gasteiger partial charge in [0.1, 0.15) is 5.82 Å². The van der Waals surface area contributed by atoms with Crippen LogP contribution in [-0.4, -0.2) is 49.2 Å². The van der Waals surface area contributed by atoms with E-state index in [4.69, 9.17) is 10.7 Å². The Bertz CT molecular complexity index is 926. The average molecular weight is 420 g/mol. The summed E-state index contributed by atoms with van der Waals surface area (Å²) in [6.45, 7) is 4.43. The first-order chi connectivity index (χ1) is 15.2. The van der Waals surface area contributed by atoms with Crippen molar-refractivity contribution in [1.82, 2.24) is 4.98 Å². The molecule has 0 radical (unpaired) electrons. The van der Waals surface area contributed by atoms with Crippen molar-refractivity contribution in [3.05, 3.63) is 48.2 Å². The number of carbonyl (C=O) groups is 1. The lowest BCUT2D eigenvalue weighted by atomic mass is 9.95. The zero-order valence-corrected chi connectivity index (χ0v) is 18.2. The van der Waals surface area contributed by atoms with Crippen molar-refractivity contribution >= 4 is 23.1 Å². The van der Waals surface area contributed by atoms with Crippen molar-refractivity contribution in [3.8, 4) is 0 Å². The van der Waals surface area contributed by atoms with Gasteiger partial charge in [-0.2, -0.15) is 0 Å². The Balaban J connectivity index is 1.35. The Morgan fingerprint density at radius 3 is 2.58 bits per heavy atom. The summed E-state index contributed by atoms with van der Waals surface area (Å²) in [4.78, 5) is 23.8. The molecular formula is C25H33N5O. The van der Waals surface area contributed by atoms with Gasteiger partial charge in [0.05, 0.1) is 18.5 Å². The Kier molecular flexibility index (Phi) is 5.70. The van der Waals surface area contributed by atoms with Gasteiger partial charge in [-0.05, 0) is 62.3 Å². The van der Waals surface area contributed by atoms with Gasteiger partial charge >= 0.3 is 0 Å². The van der Waals surface area contributed by atoms with Crippen LogP contribution in [0.15, 0.2) is 42.6 Å². The molecule has 0 bridgehead atoms. The second kappa shape index (κ2) is 8.77. The predicted molar refractivity (Wildman–Crippen MR) is 126 cm³/mol. The van der Waals surface area contributed by atoms with Crippen LogP contribution in [0.3, 0.4) is 0 Å². The molecule has 1 amide bonds. The molecule has 3 aliphatic rings. The molecule has 3 fully saturated rings. The van der Waals surface area contributed by atoms with Crippen LogP contribution in [-0.2, 0) is 11.2 Å². The second-order valence-electron chi connectivity index (χ2n) is 9.19. The average Bonchev–Trinajstić information content (AvgIpc) is 3.24. The first-order valence-corrected chi connectivity index (χ1v) is 11.8. The molecule has 3 aliphatic heterocycles. The number of hydrogen-bond acceptors (Lipinski definition) is 5. The first kappa shape index (κ1) is 20.2. The largest absolute Gasteiger partial charge is 0.371 e. The molecule has 1 aromatic carbocycles. The molecule has 2 N–H and O–H groups in total. The SMILES string of the molecule is NC(=O)Cc1cccc(N2CCC[C@H]3[C@@H]2CCN3c2cc(N3CCCCC3)ccn2)c1. The lowest BCUT2D eigenvalue weighted by Crippen LogP contribution is -2.50. The van der Waals surface area contributed by atoms with E-state index in [-0.39, 0.29) is 5.91 Å². The zero-order chi connectivity index (χ0) is 21.2. The number of fused-ring (bicyclic) bond motifs is 1. The number of piperidine rings is 2. The number of amides is 1. The summed E-state index contributed by atoms with van der Waals surface area (Å²) >= 11 is 0. The molecule has 0 aliphatic carbocycles. The molecule has 4 heterocycles. The van der Waals surface area contributed by atoms with E-state index in [1.54, 1.807) is 0 Å². The zero-order valence-electron chi connectivity index (χ0n) is 18.2. The van der Waals surface area contributed by atoms with E-state index in [1.165, 1.54) is 43.5 Å². The van der Waals surface area contributed by atoms with E-state index < -0.39 is 0 Å². The number of nitrogens with zero attached hydrogens (tertiary/aromatic N) is 4. The Labute approximate surface area is 185 Å². The van der Waals surface area contributed by atoms with E-state index in [1.807, 2.05) is 18.3 Å². The van der Waals surface area contributed by atoms with Crippen LogP contribution < -0.4 is 20.4 Å². The second-order valence-corrected chi connectivity index (χ2v) is 9.19. The summed E-state index contributed by atoms with van der Waals surface area (Å²) in [5.74, 6) is 0.847. The van der Waals surface area contributed by atoms with Crippen LogP contribution in [0.25, 0.3) is 0 Å². The van der Waals surface area contributed by atoms with E-state index in [2.05, 4.69) is 39.0 Å². The topological polar surface area (TPSA) is 65.7 Å². The summed E-state index contributed by atoms with van der Waals surface area (Å²) < 4.78 is 0. The molecule has 5 rings (SSSR count). The van der Waals surface area contributed by atoms with E-state index in [0.29, 0.717) is 18.5 Å². The fourth-order valence-electron chi connectivity index (χ4n) is 5.75. The minimum absolute atomic E-state index is 0.277. The van der Waals surface area contributed by atoms with Gasteiger partial charge in [0.2, 0.25) is 5.91 Å². The van der Waals surface area contributed by atoms with Gasteiger partial charge < -0.3 is 20.4 Å². The minimum atomic E-state index is -0.277. The molecule has 0 unspecified atom stereocenters. The Morgan fingerprint density at radius 1 is 0.903 bits per heavy atom. The third-order valence-electron chi connectivity index (χ3n) is 7.17. The maximum atomic E-state index is 11.4. The monoisotopic (exact) mass is 419 g/mol. The molecule has 164 valence electrons. The van der Waals surface area contributed by atoms with E-state index in [9.17, 15) is 4.79 Å². The third kappa shape index (κ3) is 4.21. The van der Waals surface area contributed by atoms with Crippen LogP contribution >= 0.6 is 0 Å². The van der Waals surface area contributed by atoms with Gasteiger partial charge in [-0.15, -0.1) is 0 Å². The van der Waals surface area contributed by atoms with E-state index in [0.717, 1.165) is 44.0 Å². The minimum Gasteiger partial charge on any atom is -0.371 e. The normalized spacial score (nSPS) is 23.7. The highest BCUT2D eigenvalue weighted by molar-refractivity contribution is 5.77. The summed E-state index contributed by atoms with van der Waals surface area (Å²) in [7, 11) is 0. The third-order valence-corrected chi connectivity index (χ3v) is 7.17. The first-order valence-electron chi connectivity index (χ1n) is 11.8. The number of benzene rings is 1. The Hall–Kier alpha value is -2.76. The van der Waals surface area contributed by atoms with Gasteiger partial charge in [0, 0.05) is 49.8 Å². The highest BCUT2D eigenvalue weighted by Gasteiger charge is 2.41. The number of pyridine rings is 1. The van der Waals surface area contributed by atoms with Crippen molar-refractivity contribution in [2.24, 2.45) is 5.73 Å². The van der Waals surface area contributed by atoms with Crippen LogP contribution in [0.5, 0.6) is 0 Å². The molecule has 2 aromatic rings. The van der Waals surface area contributed by atoms with Gasteiger partial charge in [0.15, 0.2) is 0 Å². The van der Waals surface area contributed by atoms with Crippen LogP contribution in [0.1, 0.15) is 44.1 Å². The van der Waals surface area contributed by atoms with Crippen LogP contribution in [0.4, 0.5) is 17.2 Å². The van der Waals surface area contributed by atoms with Gasteiger partial charge in [-0.1, -0.05) is 12.1 Å². The molecule has 6 nitrogen and oxygen atoms in total. The van der Waals surface area contributed by atoms with Crippen molar-refractivity contribution in [2.75, 3.05) is 40.9 Å². The van der Waals surface area contributed by atoms with Crippen molar-refractivity contribution < 1.29 is 4.79 Å². The lowest BCUT2D eigenvalue weighted by molar-refractivity contribution is -0.117. The molecule has 0 saturated carbocycles. The fourth-order valence-corrected chi connectivity index (χ4v) is 5.75. The fraction of sp³-hybridized carbons (Fsp3) is 0.520. The predicted octanol–water partition coefficient (Wildman–Crippen LogP) is 3.35. The van der Waals surface area contributed by atoms with Gasteiger partial charge in [-0.25, -0.2) is 4.98 Å². The molecule has 2 atom stereocenters. The summed E-state index contributed by atoms with van der Waals surface area (Å²) in [5.41, 5.74) is 8.95. The van der Waals surface area contributed by atoms with Crippen molar-refractivity contribution in [3.63, 3.8) is 0 Å². The smallest absolute Gasteiger partial charge is 0.221 e. The molecule has 0 spiro atoms. The number of hydrogen-bond donors (Lipinski definition) is 1. The highest BCUT2D eigenvalue weighted by atomic mass is 16.1. The van der Waals surface area contributed by atoms with Gasteiger partial charge in [-0.3, -0.25) is 4.79 Å². The summed E-state index contributed by atoms with van der Waals surface area (Å²) in [6, 6.07) is 13.8. The molecule has 31 heavy (non-hydrogen) atoms. The van der Waals surface area contributed by atoms with E-state index >= 15 is 0 Å². The summed E-state index contributed by atoms with van der Waals surface area (Å²) in [5, 5.41) is 0. The van der Waals surface area contributed by atoms with Crippen molar-refractivity contribution in [1.29, 1.82) is 0 Å². The molecular weight excluding hydrogens is 386 g/mol. The number of aromatic nitrogens is 1. The highest BCUT2D eigenvalue weighted by Crippen LogP contribution is 2.37. The van der Waals surface area contributed by atoms with Crippen LogP contribution in [0, 0.1) is 0 Å². The number of rotatable bonds is 5. The number of nitrogens with two attached hydrogens (primary N) is 1. The van der Waals surface area contributed by atoms with Crippen molar-refractivity contribution in [2.45, 2.75) is 57.0 Å². The number of carbonyl (C=O) groups excluding carboxylic acids is 1. The van der Waals surface area contributed by atoms with Crippen LogP contribution in [0.2, 0.25) is 0 Å². The number of anilines is 3. The number of primary amides is 1. The maximum absolute atomic E-state index is 11.4. The quantitative estimate of drug-likeness (QED) is 0.805.